The quantitative estimate of drug-likeness (QED) is 0.905. The molecule has 0 saturated carbocycles. The van der Waals surface area contributed by atoms with E-state index in [4.69, 9.17) is 5.26 Å². The van der Waals surface area contributed by atoms with Gasteiger partial charge >= 0.3 is 6.03 Å². The normalized spacial score (nSPS) is 14.4. The first-order valence-corrected chi connectivity index (χ1v) is 9.37. The Morgan fingerprint density at radius 1 is 1.22 bits per heavy atom. The van der Waals surface area contributed by atoms with Crippen LogP contribution in [0.5, 0.6) is 0 Å². The number of aryl methyl sites for hydroxylation is 2. The number of nitrogens with one attached hydrogen (secondary N) is 1. The van der Waals surface area contributed by atoms with Crippen molar-refractivity contribution in [1.29, 1.82) is 5.26 Å². The van der Waals surface area contributed by atoms with E-state index in [0.29, 0.717) is 12.1 Å². The maximum absolute atomic E-state index is 12.8. The summed E-state index contributed by atoms with van der Waals surface area (Å²) in [5, 5.41) is 12.1. The number of nitriles is 1. The summed E-state index contributed by atoms with van der Waals surface area (Å²) in [4.78, 5) is 21.2. The van der Waals surface area contributed by atoms with Gasteiger partial charge in [0.05, 0.1) is 11.6 Å². The molecule has 3 rings (SSSR count). The molecule has 0 atom stereocenters. The summed E-state index contributed by atoms with van der Waals surface area (Å²) < 4.78 is 0. The van der Waals surface area contributed by atoms with Crippen LogP contribution in [0.15, 0.2) is 36.5 Å². The van der Waals surface area contributed by atoms with E-state index in [1.807, 2.05) is 43.1 Å². The standard InChI is InChI=1S/C21H25N5O/c1-3-18-14-17(15-22)5-6-20(18)24-21(27)26-10-4-9-25(11-12-26)19-7-8-23-16(2)13-19/h5-8,13-14H,3-4,9-12H2,1-2H3,(H,24,27). The van der Waals surface area contributed by atoms with Crippen molar-refractivity contribution in [3.05, 3.63) is 53.3 Å². The van der Waals surface area contributed by atoms with E-state index in [2.05, 4.69) is 27.3 Å². The van der Waals surface area contributed by atoms with Gasteiger partial charge in [-0.1, -0.05) is 6.92 Å². The number of carbonyl (C=O) groups excluding carboxylic acids is 1. The highest BCUT2D eigenvalue weighted by molar-refractivity contribution is 5.90. The number of benzene rings is 1. The van der Waals surface area contributed by atoms with Crippen molar-refractivity contribution in [2.45, 2.75) is 26.7 Å². The number of hydrogen-bond acceptors (Lipinski definition) is 4. The van der Waals surface area contributed by atoms with Gasteiger partial charge in [0.2, 0.25) is 0 Å². The van der Waals surface area contributed by atoms with Gasteiger partial charge in [-0.2, -0.15) is 5.26 Å². The Balaban J connectivity index is 1.65. The van der Waals surface area contributed by atoms with Gasteiger partial charge in [0.25, 0.3) is 0 Å². The molecule has 0 radical (unpaired) electrons. The largest absolute Gasteiger partial charge is 0.370 e. The third-order valence-corrected chi connectivity index (χ3v) is 4.89. The molecule has 27 heavy (non-hydrogen) atoms. The predicted molar refractivity (Wildman–Crippen MR) is 107 cm³/mol. The molecule has 6 nitrogen and oxygen atoms in total. The summed E-state index contributed by atoms with van der Waals surface area (Å²) in [6.07, 6.45) is 3.51. The Hall–Kier alpha value is -3.07. The summed E-state index contributed by atoms with van der Waals surface area (Å²) in [6, 6.07) is 11.6. The monoisotopic (exact) mass is 363 g/mol. The zero-order valence-electron chi connectivity index (χ0n) is 15.9. The predicted octanol–water partition coefficient (Wildman–Crippen LogP) is 3.57. The third kappa shape index (κ3) is 4.56. The molecule has 1 aromatic heterocycles. The molecule has 0 spiro atoms. The Morgan fingerprint density at radius 2 is 2.07 bits per heavy atom. The van der Waals surface area contributed by atoms with Crippen LogP contribution in [0.4, 0.5) is 16.2 Å². The lowest BCUT2D eigenvalue weighted by atomic mass is 10.1. The molecule has 0 aliphatic carbocycles. The summed E-state index contributed by atoms with van der Waals surface area (Å²) in [7, 11) is 0. The molecule has 0 unspecified atom stereocenters. The van der Waals surface area contributed by atoms with Crippen LogP contribution in [0.25, 0.3) is 0 Å². The first kappa shape index (κ1) is 18.7. The molecule has 2 heterocycles. The summed E-state index contributed by atoms with van der Waals surface area (Å²) >= 11 is 0. The van der Waals surface area contributed by atoms with Gasteiger partial charge in [0.15, 0.2) is 0 Å². The van der Waals surface area contributed by atoms with Crippen molar-refractivity contribution in [2.75, 3.05) is 36.4 Å². The van der Waals surface area contributed by atoms with Gasteiger partial charge in [-0.05, 0) is 55.7 Å². The average Bonchev–Trinajstić information content (AvgIpc) is 2.94. The maximum Gasteiger partial charge on any atom is 0.321 e. The lowest BCUT2D eigenvalue weighted by Crippen LogP contribution is -2.38. The average molecular weight is 363 g/mol. The molecule has 140 valence electrons. The molecule has 1 aliphatic rings. The van der Waals surface area contributed by atoms with Crippen LogP contribution >= 0.6 is 0 Å². The van der Waals surface area contributed by atoms with E-state index >= 15 is 0 Å². The van der Waals surface area contributed by atoms with Crippen LogP contribution in [0, 0.1) is 18.3 Å². The van der Waals surface area contributed by atoms with E-state index in [9.17, 15) is 4.79 Å². The molecular formula is C21H25N5O. The fourth-order valence-electron chi connectivity index (χ4n) is 3.38. The molecule has 1 fully saturated rings. The summed E-state index contributed by atoms with van der Waals surface area (Å²) in [5.74, 6) is 0. The number of nitrogens with zero attached hydrogens (tertiary/aromatic N) is 4. The zero-order valence-corrected chi connectivity index (χ0v) is 15.9. The van der Waals surface area contributed by atoms with Gasteiger partial charge in [0, 0.05) is 49.4 Å². The Bertz CT molecular complexity index is 858. The Morgan fingerprint density at radius 3 is 2.81 bits per heavy atom. The third-order valence-electron chi connectivity index (χ3n) is 4.89. The van der Waals surface area contributed by atoms with Crippen molar-refractivity contribution in [2.24, 2.45) is 0 Å². The topological polar surface area (TPSA) is 72.3 Å². The van der Waals surface area contributed by atoms with Crippen LogP contribution < -0.4 is 10.2 Å². The van der Waals surface area contributed by atoms with Crippen LogP contribution in [-0.2, 0) is 6.42 Å². The van der Waals surface area contributed by atoms with Gasteiger partial charge in [-0.15, -0.1) is 0 Å². The van der Waals surface area contributed by atoms with Crippen LogP contribution in [0.2, 0.25) is 0 Å². The number of pyridine rings is 1. The number of amides is 2. The van der Waals surface area contributed by atoms with Crippen molar-refractivity contribution in [3.63, 3.8) is 0 Å². The lowest BCUT2D eigenvalue weighted by molar-refractivity contribution is 0.215. The van der Waals surface area contributed by atoms with Crippen LogP contribution in [0.3, 0.4) is 0 Å². The highest BCUT2D eigenvalue weighted by atomic mass is 16.2. The van der Waals surface area contributed by atoms with Crippen LogP contribution in [0.1, 0.15) is 30.2 Å². The van der Waals surface area contributed by atoms with Crippen LogP contribution in [-0.4, -0.2) is 42.1 Å². The summed E-state index contributed by atoms with van der Waals surface area (Å²) in [6.45, 7) is 7.13. The molecule has 1 N–H and O–H groups in total. The van der Waals surface area contributed by atoms with Gasteiger partial charge in [-0.3, -0.25) is 4.98 Å². The minimum Gasteiger partial charge on any atom is -0.370 e. The number of rotatable bonds is 3. The Labute approximate surface area is 160 Å². The molecule has 6 heteroatoms. The lowest BCUT2D eigenvalue weighted by Gasteiger charge is -2.24. The molecule has 2 aromatic rings. The number of hydrogen-bond donors (Lipinski definition) is 1. The van der Waals surface area contributed by atoms with E-state index in [0.717, 1.165) is 55.1 Å². The Kier molecular flexibility index (Phi) is 5.92. The fraction of sp³-hybridized carbons (Fsp3) is 0.381. The van der Waals surface area contributed by atoms with Crippen molar-refractivity contribution in [1.82, 2.24) is 9.88 Å². The number of anilines is 2. The highest BCUT2D eigenvalue weighted by Gasteiger charge is 2.20. The molecule has 2 amide bonds. The maximum atomic E-state index is 12.8. The second-order valence-electron chi connectivity index (χ2n) is 6.75. The van der Waals surface area contributed by atoms with E-state index < -0.39 is 0 Å². The first-order chi connectivity index (χ1) is 13.1. The second kappa shape index (κ2) is 8.54. The molecular weight excluding hydrogens is 338 g/mol. The smallest absolute Gasteiger partial charge is 0.321 e. The van der Waals surface area contributed by atoms with Gasteiger partial charge in [-0.25, -0.2) is 4.79 Å². The minimum atomic E-state index is -0.0813. The minimum absolute atomic E-state index is 0.0813. The van der Waals surface area contributed by atoms with Crippen molar-refractivity contribution < 1.29 is 4.79 Å². The number of carbonyl (C=O) groups is 1. The van der Waals surface area contributed by atoms with E-state index in [1.165, 1.54) is 0 Å². The molecule has 1 aliphatic heterocycles. The van der Waals surface area contributed by atoms with E-state index in [-0.39, 0.29) is 6.03 Å². The van der Waals surface area contributed by atoms with Crippen molar-refractivity contribution >= 4 is 17.4 Å². The van der Waals surface area contributed by atoms with E-state index in [1.54, 1.807) is 6.07 Å². The molecule has 1 saturated heterocycles. The van der Waals surface area contributed by atoms with Gasteiger partial charge < -0.3 is 15.1 Å². The molecule has 0 bridgehead atoms. The number of urea groups is 1. The number of aromatic nitrogens is 1. The highest BCUT2D eigenvalue weighted by Crippen LogP contribution is 2.20. The van der Waals surface area contributed by atoms with Crippen molar-refractivity contribution in [3.8, 4) is 6.07 Å². The molecule has 1 aromatic carbocycles. The van der Waals surface area contributed by atoms with Gasteiger partial charge in [0.1, 0.15) is 0 Å². The zero-order chi connectivity index (χ0) is 19.2. The fourth-order valence-corrected chi connectivity index (χ4v) is 3.38. The summed E-state index contributed by atoms with van der Waals surface area (Å²) in [5.41, 5.74) is 4.53. The first-order valence-electron chi connectivity index (χ1n) is 9.37. The SMILES string of the molecule is CCc1cc(C#N)ccc1NC(=O)N1CCCN(c2ccnc(C)c2)CC1. The second-order valence-corrected chi connectivity index (χ2v) is 6.75.